The Morgan fingerprint density at radius 2 is 1.92 bits per heavy atom. The first-order valence-corrected chi connectivity index (χ1v) is 8.82. The molecule has 1 fully saturated rings. The van der Waals surface area contributed by atoms with E-state index in [0.717, 1.165) is 31.4 Å². The molecular weight excluding hydrogens is 338 g/mol. The molecule has 1 aromatic carbocycles. The van der Waals surface area contributed by atoms with Crippen LogP contribution in [-0.4, -0.2) is 50.9 Å². The standard InChI is InChI=1S/C18H23N3O5/c22-10-1-11-25-14-6-2-12(3-7-14)13-4-8-15(9-5-13)26-17-16(18(23)24)19-21-20-17/h2-3,6-7,13,15,22H,1,4-5,8-11H2,(H,23,24)(H,19,20,21)/t13-,15-. The number of nitrogens with one attached hydrogen (secondary N) is 1. The molecule has 8 nitrogen and oxygen atoms in total. The maximum absolute atomic E-state index is 11.1. The van der Waals surface area contributed by atoms with E-state index in [-0.39, 0.29) is 24.3 Å². The zero-order chi connectivity index (χ0) is 18.4. The van der Waals surface area contributed by atoms with Crippen LogP contribution in [-0.2, 0) is 0 Å². The Bertz CT molecular complexity index is 708. The highest BCUT2D eigenvalue weighted by atomic mass is 16.5. The number of hydrogen-bond donors (Lipinski definition) is 3. The lowest BCUT2D eigenvalue weighted by Crippen LogP contribution is -2.24. The van der Waals surface area contributed by atoms with E-state index in [9.17, 15) is 4.79 Å². The molecule has 1 aliphatic carbocycles. The second-order valence-electron chi connectivity index (χ2n) is 6.38. The molecule has 1 saturated carbocycles. The Labute approximate surface area is 151 Å². The second kappa shape index (κ2) is 8.66. The van der Waals surface area contributed by atoms with Crippen molar-refractivity contribution >= 4 is 5.97 Å². The Kier molecular flexibility index (Phi) is 6.06. The Morgan fingerprint density at radius 3 is 2.58 bits per heavy atom. The molecule has 8 heteroatoms. The van der Waals surface area contributed by atoms with Crippen molar-refractivity contribution in [3.05, 3.63) is 35.5 Å². The molecule has 0 saturated heterocycles. The average Bonchev–Trinajstić information content (AvgIpc) is 3.12. The van der Waals surface area contributed by atoms with Gasteiger partial charge in [-0.15, -0.1) is 0 Å². The van der Waals surface area contributed by atoms with Crippen LogP contribution in [0.25, 0.3) is 0 Å². The maximum Gasteiger partial charge on any atom is 0.359 e. The van der Waals surface area contributed by atoms with Crippen LogP contribution in [0.5, 0.6) is 11.6 Å². The van der Waals surface area contributed by atoms with Crippen molar-refractivity contribution in [2.75, 3.05) is 13.2 Å². The highest BCUT2D eigenvalue weighted by Crippen LogP contribution is 2.35. The van der Waals surface area contributed by atoms with Crippen molar-refractivity contribution in [3.8, 4) is 11.6 Å². The van der Waals surface area contributed by atoms with Gasteiger partial charge in [-0.25, -0.2) is 9.89 Å². The molecule has 0 unspecified atom stereocenters. The first-order valence-electron chi connectivity index (χ1n) is 8.82. The van der Waals surface area contributed by atoms with E-state index in [1.165, 1.54) is 5.56 Å². The number of carboxylic acids is 1. The van der Waals surface area contributed by atoms with Gasteiger partial charge in [0, 0.05) is 13.0 Å². The molecule has 2 aromatic rings. The molecule has 0 bridgehead atoms. The summed E-state index contributed by atoms with van der Waals surface area (Å²) in [5, 5.41) is 27.4. The molecule has 1 heterocycles. The fraction of sp³-hybridized carbons (Fsp3) is 0.500. The number of aromatic amines is 1. The van der Waals surface area contributed by atoms with Gasteiger partial charge in [0.15, 0.2) is 0 Å². The summed E-state index contributed by atoms with van der Waals surface area (Å²) in [4.78, 5) is 11.1. The van der Waals surface area contributed by atoms with Gasteiger partial charge in [-0.3, -0.25) is 0 Å². The summed E-state index contributed by atoms with van der Waals surface area (Å²) in [5.74, 6) is 0.203. The van der Waals surface area contributed by atoms with Gasteiger partial charge in [0.2, 0.25) is 5.69 Å². The normalized spacial score (nSPS) is 19.9. The van der Waals surface area contributed by atoms with Crippen LogP contribution < -0.4 is 9.47 Å². The number of aromatic carboxylic acids is 1. The second-order valence-corrected chi connectivity index (χ2v) is 6.38. The first kappa shape index (κ1) is 18.2. The van der Waals surface area contributed by atoms with Crippen molar-refractivity contribution < 1.29 is 24.5 Å². The monoisotopic (exact) mass is 361 g/mol. The highest BCUT2D eigenvalue weighted by Gasteiger charge is 2.26. The molecule has 1 aromatic heterocycles. The molecule has 0 atom stereocenters. The average molecular weight is 361 g/mol. The molecule has 0 aliphatic heterocycles. The van der Waals surface area contributed by atoms with Crippen LogP contribution in [0.4, 0.5) is 0 Å². The van der Waals surface area contributed by atoms with Crippen molar-refractivity contribution in [1.82, 2.24) is 15.4 Å². The molecule has 26 heavy (non-hydrogen) atoms. The van der Waals surface area contributed by atoms with Crippen LogP contribution in [0.3, 0.4) is 0 Å². The van der Waals surface area contributed by atoms with Gasteiger partial charge in [-0.1, -0.05) is 22.4 Å². The van der Waals surface area contributed by atoms with Gasteiger partial charge in [0.25, 0.3) is 5.88 Å². The fourth-order valence-corrected chi connectivity index (χ4v) is 3.20. The molecule has 3 N–H and O–H groups in total. The topological polar surface area (TPSA) is 118 Å². The van der Waals surface area contributed by atoms with Crippen molar-refractivity contribution in [2.24, 2.45) is 0 Å². The molecule has 0 amide bonds. The number of nitrogens with zero attached hydrogens (tertiary/aromatic N) is 2. The summed E-state index contributed by atoms with van der Waals surface area (Å²) < 4.78 is 11.3. The van der Waals surface area contributed by atoms with E-state index < -0.39 is 5.97 Å². The molecule has 0 spiro atoms. The fourth-order valence-electron chi connectivity index (χ4n) is 3.20. The van der Waals surface area contributed by atoms with Gasteiger partial charge < -0.3 is 19.7 Å². The predicted molar refractivity (Wildman–Crippen MR) is 92.6 cm³/mol. The van der Waals surface area contributed by atoms with Crippen molar-refractivity contribution in [2.45, 2.75) is 44.1 Å². The minimum Gasteiger partial charge on any atom is -0.494 e. The van der Waals surface area contributed by atoms with Crippen LogP contribution in [0.15, 0.2) is 24.3 Å². The third-order valence-corrected chi connectivity index (χ3v) is 4.61. The van der Waals surface area contributed by atoms with Gasteiger partial charge in [0.05, 0.1) is 6.61 Å². The number of aromatic nitrogens is 3. The van der Waals surface area contributed by atoms with Gasteiger partial charge in [-0.2, -0.15) is 0 Å². The summed E-state index contributed by atoms with van der Waals surface area (Å²) in [6, 6.07) is 8.09. The third kappa shape index (κ3) is 4.51. The SMILES string of the molecule is O=C(O)c1[nH]nnc1O[C@H]1CC[C@H](c2ccc(OCCCO)cc2)CC1. The van der Waals surface area contributed by atoms with E-state index >= 15 is 0 Å². The van der Waals surface area contributed by atoms with E-state index in [1.807, 2.05) is 12.1 Å². The Morgan fingerprint density at radius 1 is 1.19 bits per heavy atom. The smallest absolute Gasteiger partial charge is 0.359 e. The lowest BCUT2D eigenvalue weighted by Gasteiger charge is -2.28. The van der Waals surface area contributed by atoms with E-state index in [1.54, 1.807) is 0 Å². The highest BCUT2D eigenvalue weighted by molar-refractivity contribution is 5.87. The molecule has 1 aliphatic rings. The lowest BCUT2D eigenvalue weighted by atomic mass is 9.83. The zero-order valence-electron chi connectivity index (χ0n) is 14.4. The lowest BCUT2D eigenvalue weighted by molar-refractivity contribution is 0.0677. The van der Waals surface area contributed by atoms with E-state index in [4.69, 9.17) is 19.7 Å². The Hall–Kier alpha value is -2.61. The van der Waals surface area contributed by atoms with Crippen LogP contribution >= 0.6 is 0 Å². The number of aliphatic hydroxyl groups is 1. The minimum absolute atomic E-state index is 0.0458. The first-order chi connectivity index (χ1) is 12.7. The van der Waals surface area contributed by atoms with E-state index in [0.29, 0.717) is 18.9 Å². The summed E-state index contributed by atoms with van der Waals surface area (Å²) >= 11 is 0. The summed E-state index contributed by atoms with van der Waals surface area (Å²) in [7, 11) is 0. The van der Waals surface area contributed by atoms with Crippen LogP contribution in [0.1, 0.15) is 54.1 Å². The molecule has 140 valence electrons. The molecular formula is C18H23N3O5. The number of ether oxygens (including phenoxy) is 2. The largest absolute Gasteiger partial charge is 0.494 e. The number of hydrogen-bond acceptors (Lipinski definition) is 6. The number of rotatable bonds is 8. The van der Waals surface area contributed by atoms with Crippen molar-refractivity contribution in [3.63, 3.8) is 0 Å². The summed E-state index contributed by atoms with van der Waals surface area (Å²) in [6.45, 7) is 0.643. The summed E-state index contributed by atoms with van der Waals surface area (Å²) in [5.41, 5.74) is 1.16. The maximum atomic E-state index is 11.1. The van der Waals surface area contributed by atoms with Crippen LogP contribution in [0.2, 0.25) is 0 Å². The number of benzene rings is 1. The van der Waals surface area contributed by atoms with Gasteiger partial charge in [-0.05, 0) is 49.3 Å². The third-order valence-electron chi connectivity index (χ3n) is 4.61. The van der Waals surface area contributed by atoms with Gasteiger partial charge in [0.1, 0.15) is 11.9 Å². The van der Waals surface area contributed by atoms with Crippen molar-refractivity contribution in [1.29, 1.82) is 0 Å². The quantitative estimate of drug-likeness (QED) is 0.618. The minimum atomic E-state index is -1.13. The molecule has 3 rings (SSSR count). The number of carbonyl (C=O) groups is 1. The summed E-state index contributed by atoms with van der Waals surface area (Å²) in [6.07, 6.45) is 4.19. The van der Waals surface area contributed by atoms with Gasteiger partial charge >= 0.3 is 5.97 Å². The molecule has 0 radical (unpaired) electrons. The van der Waals surface area contributed by atoms with Crippen LogP contribution in [0, 0.1) is 0 Å². The van der Waals surface area contributed by atoms with E-state index in [2.05, 4.69) is 27.5 Å². The Balaban J connectivity index is 1.50. The zero-order valence-corrected chi connectivity index (χ0v) is 14.4. The number of H-pyrrole nitrogens is 1. The number of aliphatic hydroxyl groups excluding tert-OH is 1. The predicted octanol–water partition coefficient (Wildman–Crippen LogP) is 2.37. The number of carboxylic acid groups (broad SMARTS) is 1.